The lowest BCUT2D eigenvalue weighted by Crippen LogP contribution is -2.48. The number of rotatable bonds is 2. The Kier molecular flexibility index (Phi) is 4.13. The van der Waals surface area contributed by atoms with Gasteiger partial charge in [0.1, 0.15) is 0 Å². The predicted octanol–water partition coefficient (Wildman–Crippen LogP) is 3.28. The van der Waals surface area contributed by atoms with Crippen LogP contribution in [0.15, 0.2) is 48.5 Å². The third kappa shape index (κ3) is 2.66. The molecule has 4 heteroatoms. The summed E-state index contributed by atoms with van der Waals surface area (Å²) < 4.78 is 0. The summed E-state index contributed by atoms with van der Waals surface area (Å²) in [5, 5.41) is 22.3. The lowest BCUT2D eigenvalue weighted by atomic mass is 9.83. The Hall–Kier alpha value is -1.39. The lowest BCUT2D eigenvalue weighted by Gasteiger charge is -2.42. The number of nitrogens with zero attached hydrogens (tertiary/aromatic N) is 1. The number of hydrogen-bond acceptors (Lipinski definition) is 3. The average Bonchev–Trinajstić information content (AvgIpc) is 2.93. The van der Waals surface area contributed by atoms with E-state index in [1.165, 1.54) is 5.56 Å². The molecule has 3 nitrogen and oxygen atoms in total. The number of aliphatic hydroxyl groups excluding tert-OH is 1. The van der Waals surface area contributed by atoms with Crippen molar-refractivity contribution < 1.29 is 10.2 Å². The van der Waals surface area contributed by atoms with Crippen molar-refractivity contribution in [3.63, 3.8) is 0 Å². The zero-order chi connectivity index (χ0) is 16.7. The van der Waals surface area contributed by atoms with E-state index >= 15 is 0 Å². The van der Waals surface area contributed by atoms with Gasteiger partial charge in [-0.2, -0.15) is 0 Å². The molecule has 1 saturated heterocycles. The molecule has 126 valence electrons. The molecule has 0 aromatic heterocycles. The molecule has 2 N–H and O–H groups in total. The molecule has 24 heavy (non-hydrogen) atoms. The number of hydrogen-bond donors (Lipinski definition) is 2. The molecule has 4 rings (SSSR count). The van der Waals surface area contributed by atoms with Crippen LogP contribution in [0.4, 0.5) is 0 Å². The van der Waals surface area contributed by atoms with Gasteiger partial charge in [-0.15, -0.1) is 0 Å². The number of halogens is 1. The highest BCUT2D eigenvalue weighted by Crippen LogP contribution is 2.40. The summed E-state index contributed by atoms with van der Waals surface area (Å²) in [5.41, 5.74) is 2.24. The summed E-state index contributed by atoms with van der Waals surface area (Å²) in [7, 11) is 0. The second kappa shape index (κ2) is 6.16. The van der Waals surface area contributed by atoms with E-state index in [1.54, 1.807) is 0 Å². The van der Waals surface area contributed by atoms with Crippen molar-refractivity contribution in [2.75, 3.05) is 13.1 Å². The molecule has 0 radical (unpaired) electrons. The van der Waals surface area contributed by atoms with Crippen molar-refractivity contribution in [3.05, 3.63) is 70.2 Å². The second-order valence-corrected chi connectivity index (χ2v) is 7.37. The van der Waals surface area contributed by atoms with Crippen LogP contribution in [-0.4, -0.2) is 34.2 Å². The quantitative estimate of drug-likeness (QED) is 0.879. The molecular formula is C20H22ClNO2. The molecule has 0 bridgehead atoms. The van der Waals surface area contributed by atoms with Crippen LogP contribution < -0.4 is 0 Å². The molecule has 0 amide bonds. The molecule has 2 atom stereocenters. The van der Waals surface area contributed by atoms with Gasteiger partial charge < -0.3 is 10.2 Å². The first-order chi connectivity index (χ1) is 11.6. The highest BCUT2D eigenvalue weighted by Gasteiger charge is 2.41. The summed E-state index contributed by atoms with van der Waals surface area (Å²) in [4.78, 5) is 2.32. The van der Waals surface area contributed by atoms with Crippen LogP contribution in [0, 0.1) is 0 Å². The minimum atomic E-state index is -0.870. The molecule has 1 fully saturated rings. The Balaban J connectivity index is 1.49. The van der Waals surface area contributed by atoms with Crippen molar-refractivity contribution in [2.45, 2.75) is 37.0 Å². The zero-order valence-electron chi connectivity index (χ0n) is 13.5. The Bertz CT molecular complexity index is 740. The topological polar surface area (TPSA) is 43.7 Å². The third-order valence-corrected chi connectivity index (χ3v) is 5.97. The molecule has 1 aliphatic carbocycles. The molecule has 2 aromatic rings. The molecule has 1 aliphatic heterocycles. The smallest absolute Gasteiger partial charge is 0.0951 e. The number of likely N-dealkylation sites (tertiary alicyclic amines) is 1. The fraction of sp³-hybridized carbons (Fsp3) is 0.400. The summed E-state index contributed by atoms with van der Waals surface area (Å²) in [6.07, 6.45) is 1.71. The van der Waals surface area contributed by atoms with E-state index in [-0.39, 0.29) is 6.04 Å². The van der Waals surface area contributed by atoms with Crippen LogP contribution in [0.3, 0.4) is 0 Å². The van der Waals surface area contributed by atoms with Crippen LogP contribution in [0.2, 0.25) is 5.02 Å². The van der Waals surface area contributed by atoms with Crippen LogP contribution in [0.25, 0.3) is 0 Å². The van der Waals surface area contributed by atoms with E-state index in [2.05, 4.69) is 11.0 Å². The van der Waals surface area contributed by atoms with Crippen molar-refractivity contribution in [1.82, 2.24) is 4.90 Å². The van der Waals surface area contributed by atoms with Crippen LogP contribution >= 0.6 is 11.6 Å². The second-order valence-electron chi connectivity index (χ2n) is 6.96. The van der Waals surface area contributed by atoms with Gasteiger partial charge in [0.05, 0.1) is 11.7 Å². The van der Waals surface area contributed by atoms with E-state index in [9.17, 15) is 10.2 Å². The Labute approximate surface area is 147 Å². The highest BCUT2D eigenvalue weighted by molar-refractivity contribution is 6.31. The first-order valence-corrected chi connectivity index (χ1v) is 8.94. The summed E-state index contributed by atoms with van der Waals surface area (Å²) >= 11 is 6.28. The minimum absolute atomic E-state index is 0.109. The van der Waals surface area contributed by atoms with Gasteiger partial charge in [0.25, 0.3) is 0 Å². The first-order valence-electron chi connectivity index (χ1n) is 8.56. The molecule has 0 saturated carbocycles. The molecule has 1 heterocycles. The first kappa shape index (κ1) is 16.1. The van der Waals surface area contributed by atoms with Gasteiger partial charge in [0, 0.05) is 29.7 Å². The summed E-state index contributed by atoms with van der Waals surface area (Å²) in [5.74, 6) is 0. The largest absolute Gasteiger partial charge is 0.387 e. The molecule has 0 unspecified atom stereocenters. The Morgan fingerprint density at radius 2 is 1.67 bits per heavy atom. The zero-order valence-corrected chi connectivity index (χ0v) is 14.3. The number of benzene rings is 2. The minimum Gasteiger partial charge on any atom is -0.387 e. The third-order valence-electron chi connectivity index (χ3n) is 5.64. The number of aliphatic hydroxyl groups is 2. The number of piperidine rings is 1. The molecule has 2 aromatic carbocycles. The van der Waals surface area contributed by atoms with Gasteiger partial charge in [-0.1, -0.05) is 54.1 Å². The maximum atomic E-state index is 11.0. The van der Waals surface area contributed by atoms with Gasteiger partial charge in [-0.05, 0) is 36.5 Å². The molecule has 2 aliphatic rings. The van der Waals surface area contributed by atoms with Gasteiger partial charge >= 0.3 is 0 Å². The van der Waals surface area contributed by atoms with Gasteiger partial charge in [-0.25, -0.2) is 0 Å². The average molecular weight is 344 g/mol. The molecular weight excluding hydrogens is 322 g/mol. The van der Waals surface area contributed by atoms with Crippen molar-refractivity contribution >= 4 is 11.6 Å². The Morgan fingerprint density at radius 1 is 1.00 bits per heavy atom. The van der Waals surface area contributed by atoms with E-state index in [1.807, 2.05) is 42.5 Å². The molecule has 0 spiro atoms. The normalized spacial score (nSPS) is 26.3. The SMILES string of the molecule is O[C@@H]1c2ccccc2C[C@@H]1N1CCC(O)(c2ccccc2Cl)CC1. The summed E-state index contributed by atoms with van der Waals surface area (Å²) in [6.45, 7) is 1.52. The maximum Gasteiger partial charge on any atom is 0.0951 e. The van der Waals surface area contributed by atoms with Gasteiger partial charge in [0.2, 0.25) is 0 Å². The number of fused-ring (bicyclic) bond motifs is 1. The fourth-order valence-electron chi connectivity index (χ4n) is 4.22. The predicted molar refractivity (Wildman–Crippen MR) is 95.0 cm³/mol. The maximum absolute atomic E-state index is 11.0. The monoisotopic (exact) mass is 343 g/mol. The Morgan fingerprint density at radius 3 is 2.38 bits per heavy atom. The van der Waals surface area contributed by atoms with Crippen molar-refractivity contribution in [2.24, 2.45) is 0 Å². The highest BCUT2D eigenvalue weighted by atomic mass is 35.5. The fourth-order valence-corrected chi connectivity index (χ4v) is 4.53. The van der Waals surface area contributed by atoms with Gasteiger partial charge in [0.15, 0.2) is 0 Å². The van der Waals surface area contributed by atoms with Crippen molar-refractivity contribution in [1.29, 1.82) is 0 Å². The standard InChI is InChI=1S/C20H22ClNO2/c21-17-8-4-3-7-16(17)20(24)9-11-22(12-10-20)18-13-14-5-1-2-6-15(14)19(18)23/h1-8,18-19,23-24H,9-13H2/t18-,19+/m0/s1. The van der Waals surface area contributed by atoms with E-state index in [4.69, 9.17) is 11.6 Å². The lowest BCUT2D eigenvalue weighted by molar-refractivity contribution is -0.0501. The van der Waals surface area contributed by atoms with Crippen LogP contribution in [0.5, 0.6) is 0 Å². The van der Waals surface area contributed by atoms with Crippen LogP contribution in [-0.2, 0) is 12.0 Å². The summed E-state index contributed by atoms with van der Waals surface area (Å²) in [6, 6.07) is 15.8. The van der Waals surface area contributed by atoms with Crippen molar-refractivity contribution in [3.8, 4) is 0 Å². The van der Waals surface area contributed by atoms with Crippen LogP contribution in [0.1, 0.15) is 35.6 Å². The van der Waals surface area contributed by atoms with E-state index in [0.29, 0.717) is 17.9 Å². The van der Waals surface area contributed by atoms with Gasteiger partial charge in [-0.3, -0.25) is 4.90 Å². The van der Waals surface area contributed by atoms with E-state index < -0.39 is 11.7 Å². The van der Waals surface area contributed by atoms with E-state index in [0.717, 1.165) is 30.6 Å².